The van der Waals surface area contributed by atoms with Crippen LogP contribution in [-0.4, -0.2) is 26.7 Å². The number of nitrogens with two attached hydrogens (primary N) is 1. The number of methoxy groups -OCH3 is 1. The number of rotatable bonds is 5. The molecule has 2 rings (SSSR count). The number of hydrogen-bond acceptors (Lipinski definition) is 3. The first-order chi connectivity index (χ1) is 9.01. The first kappa shape index (κ1) is 14.2. The molecule has 1 aliphatic carbocycles. The van der Waals surface area contributed by atoms with Gasteiger partial charge in [-0.15, -0.1) is 0 Å². The Kier molecular flexibility index (Phi) is 4.35. The second kappa shape index (κ2) is 5.83. The molecule has 0 spiro atoms. The van der Waals surface area contributed by atoms with Gasteiger partial charge in [0.05, 0.1) is 12.8 Å². The summed E-state index contributed by atoms with van der Waals surface area (Å²) < 4.78 is 5.55. The van der Waals surface area contributed by atoms with E-state index in [1.54, 1.807) is 7.11 Å². The highest BCUT2D eigenvalue weighted by Crippen LogP contribution is 2.33. The molecule has 0 bridgehead atoms. The molecule has 0 heterocycles. The lowest BCUT2D eigenvalue weighted by Crippen LogP contribution is -2.41. The van der Waals surface area contributed by atoms with Crippen LogP contribution in [-0.2, 0) is 0 Å². The SMILES string of the molecule is COc1cc(C(C)C)ccc1N(C)CC1CC(N)C1. The zero-order valence-electron chi connectivity index (χ0n) is 12.5. The van der Waals surface area contributed by atoms with Crippen LogP contribution in [0.5, 0.6) is 5.75 Å². The molecule has 0 atom stereocenters. The molecule has 0 amide bonds. The fourth-order valence-corrected chi connectivity index (χ4v) is 2.79. The minimum atomic E-state index is 0.420. The van der Waals surface area contributed by atoms with Gasteiger partial charge in [0.1, 0.15) is 5.75 Å². The Morgan fingerprint density at radius 3 is 2.58 bits per heavy atom. The predicted molar refractivity (Wildman–Crippen MR) is 81.1 cm³/mol. The fraction of sp³-hybridized carbons (Fsp3) is 0.625. The monoisotopic (exact) mass is 262 g/mol. The van der Waals surface area contributed by atoms with Gasteiger partial charge in [0, 0.05) is 19.6 Å². The van der Waals surface area contributed by atoms with Gasteiger partial charge in [-0.25, -0.2) is 0 Å². The molecule has 0 aliphatic heterocycles. The van der Waals surface area contributed by atoms with Crippen molar-refractivity contribution in [1.29, 1.82) is 0 Å². The zero-order chi connectivity index (χ0) is 14.0. The van der Waals surface area contributed by atoms with Gasteiger partial charge in [0.25, 0.3) is 0 Å². The molecule has 106 valence electrons. The van der Waals surface area contributed by atoms with Crippen molar-refractivity contribution in [3.05, 3.63) is 23.8 Å². The summed E-state index contributed by atoms with van der Waals surface area (Å²) in [6, 6.07) is 6.95. The summed E-state index contributed by atoms with van der Waals surface area (Å²) in [5.41, 5.74) is 8.34. The van der Waals surface area contributed by atoms with Crippen molar-refractivity contribution in [2.45, 2.75) is 38.6 Å². The number of ether oxygens (including phenoxy) is 1. The Morgan fingerprint density at radius 2 is 2.05 bits per heavy atom. The summed E-state index contributed by atoms with van der Waals surface area (Å²) in [7, 11) is 3.88. The van der Waals surface area contributed by atoms with E-state index >= 15 is 0 Å². The van der Waals surface area contributed by atoms with Crippen LogP contribution < -0.4 is 15.4 Å². The number of hydrogen-bond donors (Lipinski definition) is 1. The largest absolute Gasteiger partial charge is 0.495 e. The molecule has 1 fully saturated rings. The van der Waals surface area contributed by atoms with Crippen molar-refractivity contribution in [3.63, 3.8) is 0 Å². The lowest BCUT2D eigenvalue weighted by molar-refractivity contribution is 0.270. The molecule has 1 saturated carbocycles. The topological polar surface area (TPSA) is 38.5 Å². The van der Waals surface area contributed by atoms with E-state index in [-0.39, 0.29) is 0 Å². The van der Waals surface area contributed by atoms with Crippen LogP contribution in [0.2, 0.25) is 0 Å². The van der Waals surface area contributed by atoms with Crippen molar-refractivity contribution in [3.8, 4) is 5.75 Å². The highest BCUT2D eigenvalue weighted by Gasteiger charge is 2.27. The normalized spacial score (nSPS) is 22.2. The van der Waals surface area contributed by atoms with Gasteiger partial charge < -0.3 is 15.4 Å². The Hall–Kier alpha value is -1.22. The average Bonchev–Trinajstić information content (AvgIpc) is 2.35. The van der Waals surface area contributed by atoms with Gasteiger partial charge >= 0.3 is 0 Å². The van der Waals surface area contributed by atoms with Gasteiger partial charge in [-0.3, -0.25) is 0 Å². The highest BCUT2D eigenvalue weighted by molar-refractivity contribution is 5.59. The molecule has 1 aromatic rings. The molecular formula is C16H26N2O. The van der Waals surface area contributed by atoms with Crippen LogP contribution in [0.25, 0.3) is 0 Å². The van der Waals surface area contributed by atoms with E-state index in [1.807, 2.05) is 0 Å². The Balaban J connectivity index is 2.09. The summed E-state index contributed by atoms with van der Waals surface area (Å²) in [6.45, 7) is 5.47. The molecular weight excluding hydrogens is 236 g/mol. The molecule has 0 radical (unpaired) electrons. The Labute approximate surface area is 116 Å². The molecule has 0 saturated heterocycles. The molecule has 1 aromatic carbocycles. The summed E-state index contributed by atoms with van der Waals surface area (Å²) >= 11 is 0. The lowest BCUT2D eigenvalue weighted by atomic mass is 9.80. The second-order valence-corrected chi connectivity index (χ2v) is 6.06. The molecule has 2 N–H and O–H groups in total. The number of nitrogens with zero attached hydrogens (tertiary/aromatic N) is 1. The van der Waals surface area contributed by atoms with Crippen LogP contribution in [0, 0.1) is 5.92 Å². The molecule has 0 aromatic heterocycles. The highest BCUT2D eigenvalue weighted by atomic mass is 16.5. The third-order valence-corrected chi connectivity index (χ3v) is 4.09. The van der Waals surface area contributed by atoms with Crippen molar-refractivity contribution in [2.75, 3.05) is 25.6 Å². The molecule has 3 heteroatoms. The maximum absolute atomic E-state index is 5.85. The van der Waals surface area contributed by atoms with E-state index in [9.17, 15) is 0 Å². The van der Waals surface area contributed by atoms with E-state index in [2.05, 4.69) is 44.0 Å². The van der Waals surface area contributed by atoms with E-state index in [0.717, 1.165) is 31.1 Å². The van der Waals surface area contributed by atoms with E-state index in [0.29, 0.717) is 12.0 Å². The first-order valence-corrected chi connectivity index (χ1v) is 7.16. The van der Waals surface area contributed by atoms with Crippen LogP contribution in [0.15, 0.2) is 18.2 Å². The minimum Gasteiger partial charge on any atom is -0.495 e. The summed E-state index contributed by atoms with van der Waals surface area (Å²) in [5, 5.41) is 0. The maximum Gasteiger partial charge on any atom is 0.142 e. The first-order valence-electron chi connectivity index (χ1n) is 7.16. The van der Waals surface area contributed by atoms with Crippen LogP contribution in [0.3, 0.4) is 0 Å². The summed E-state index contributed by atoms with van der Waals surface area (Å²) in [4.78, 5) is 2.29. The molecule has 1 aliphatic rings. The van der Waals surface area contributed by atoms with Crippen molar-refractivity contribution in [1.82, 2.24) is 0 Å². The standard InChI is InChI=1S/C16H26N2O/c1-11(2)13-5-6-15(16(9-13)19-4)18(3)10-12-7-14(17)8-12/h5-6,9,11-12,14H,7-8,10,17H2,1-4H3. The van der Waals surface area contributed by atoms with Gasteiger partial charge in [-0.2, -0.15) is 0 Å². The lowest BCUT2D eigenvalue weighted by Gasteiger charge is -2.36. The van der Waals surface area contributed by atoms with Crippen molar-refractivity contribution < 1.29 is 4.74 Å². The van der Waals surface area contributed by atoms with Crippen molar-refractivity contribution in [2.24, 2.45) is 11.7 Å². The van der Waals surface area contributed by atoms with Crippen molar-refractivity contribution >= 4 is 5.69 Å². The van der Waals surface area contributed by atoms with E-state index < -0.39 is 0 Å². The predicted octanol–water partition coefficient (Wildman–Crippen LogP) is 2.99. The second-order valence-electron chi connectivity index (χ2n) is 6.06. The van der Waals surface area contributed by atoms with Gasteiger partial charge in [-0.1, -0.05) is 19.9 Å². The van der Waals surface area contributed by atoms with Crippen LogP contribution >= 0.6 is 0 Å². The molecule has 0 unspecified atom stereocenters. The van der Waals surface area contributed by atoms with Crippen LogP contribution in [0.4, 0.5) is 5.69 Å². The Morgan fingerprint density at radius 1 is 1.37 bits per heavy atom. The average molecular weight is 262 g/mol. The zero-order valence-corrected chi connectivity index (χ0v) is 12.5. The third kappa shape index (κ3) is 3.21. The number of anilines is 1. The fourth-order valence-electron chi connectivity index (χ4n) is 2.79. The van der Waals surface area contributed by atoms with Crippen LogP contribution in [0.1, 0.15) is 38.2 Å². The Bertz CT molecular complexity index is 425. The molecule has 3 nitrogen and oxygen atoms in total. The quantitative estimate of drug-likeness (QED) is 0.886. The van der Waals surface area contributed by atoms with E-state index in [4.69, 9.17) is 10.5 Å². The third-order valence-electron chi connectivity index (χ3n) is 4.09. The smallest absolute Gasteiger partial charge is 0.142 e. The van der Waals surface area contributed by atoms with Gasteiger partial charge in [-0.05, 0) is 42.4 Å². The maximum atomic E-state index is 5.85. The van der Waals surface area contributed by atoms with Gasteiger partial charge in [0.15, 0.2) is 0 Å². The number of benzene rings is 1. The molecule has 19 heavy (non-hydrogen) atoms. The summed E-state index contributed by atoms with van der Waals surface area (Å²) in [5.74, 6) is 2.23. The van der Waals surface area contributed by atoms with Gasteiger partial charge in [0.2, 0.25) is 0 Å². The van der Waals surface area contributed by atoms with E-state index in [1.165, 1.54) is 11.3 Å². The minimum absolute atomic E-state index is 0.420. The summed E-state index contributed by atoms with van der Waals surface area (Å²) in [6.07, 6.45) is 2.30.